The van der Waals surface area contributed by atoms with Crippen molar-refractivity contribution < 1.29 is 24.1 Å². The predicted octanol–water partition coefficient (Wildman–Crippen LogP) is 3.43. The molecule has 0 saturated carbocycles. The number of benzene rings is 1. The Morgan fingerprint density at radius 3 is 2.29 bits per heavy atom. The SMILES string of the molecule is CCOCCOC(C)(c1ccccc1)C(C)(C)OC(=O)O. The lowest BCUT2D eigenvalue weighted by Crippen LogP contribution is -2.50. The van der Waals surface area contributed by atoms with Gasteiger partial charge in [-0.3, -0.25) is 0 Å². The highest BCUT2D eigenvalue weighted by atomic mass is 16.7. The molecule has 0 aliphatic rings. The summed E-state index contributed by atoms with van der Waals surface area (Å²) in [6, 6.07) is 9.46. The van der Waals surface area contributed by atoms with Gasteiger partial charge in [-0.05, 0) is 33.3 Å². The molecule has 1 aromatic carbocycles. The summed E-state index contributed by atoms with van der Waals surface area (Å²) < 4.78 is 16.3. The Morgan fingerprint density at radius 1 is 1.14 bits per heavy atom. The smallest absolute Gasteiger partial charge is 0.450 e. The molecule has 5 heteroatoms. The van der Waals surface area contributed by atoms with Gasteiger partial charge in [-0.1, -0.05) is 30.3 Å². The molecule has 1 unspecified atom stereocenters. The molecule has 1 atom stereocenters. The highest BCUT2D eigenvalue weighted by Gasteiger charge is 2.47. The Bertz CT molecular complexity index is 443. The van der Waals surface area contributed by atoms with E-state index in [0.29, 0.717) is 19.8 Å². The monoisotopic (exact) mass is 296 g/mol. The summed E-state index contributed by atoms with van der Waals surface area (Å²) in [6.07, 6.45) is -1.32. The van der Waals surface area contributed by atoms with Crippen LogP contribution in [0.4, 0.5) is 4.79 Å². The maximum atomic E-state index is 11.0. The minimum Gasteiger partial charge on any atom is -0.450 e. The van der Waals surface area contributed by atoms with Gasteiger partial charge in [0, 0.05) is 6.61 Å². The van der Waals surface area contributed by atoms with E-state index < -0.39 is 17.4 Å². The van der Waals surface area contributed by atoms with Gasteiger partial charge in [-0.25, -0.2) is 4.79 Å². The molecule has 21 heavy (non-hydrogen) atoms. The van der Waals surface area contributed by atoms with Crippen LogP contribution in [-0.2, 0) is 19.8 Å². The molecule has 0 heterocycles. The summed E-state index contributed by atoms with van der Waals surface area (Å²) in [6.45, 7) is 8.56. The zero-order chi connectivity index (χ0) is 15.9. The molecule has 0 aliphatic heterocycles. The Labute approximate surface area is 125 Å². The molecule has 1 N–H and O–H groups in total. The van der Waals surface area contributed by atoms with Crippen molar-refractivity contribution in [3.63, 3.8) is 0 Å². The minimum absolute atomic E-state index is 0.353. The first kappa shape index (κ1) is 17.5. The van der Waals surface area contributed by atoms with Gasteiger partial charge in [0.05, 0.1) is 13.2 Å². The molecular formula is C16H24O5. The second kappa shape index (κ2) is 7.43. The van der Waals surface area contributed by atoms with Crippen molar-refractivity contribution in [3.8, 4) is 0 Å². The number of hydrogen-bond acceptors (Lipinski definition) is 4. The van der Waals surface area contributed by atoms with Gasteiger partial charge in [0.2, 0.25) is 0 Å². The topological polar surface area (TPSA) is 65.0 Å². The van der Waals surface area contributed by atoms with Crippen LogP contribution in [-0.4, -0.2) is 36.7 Å². The predicted molar refractivity (Wildman–Crippen MR) is 79.4 cm³/mol. The zero-order valence-corrected chi connectivity index (χ0v) is 13.1. The standard InChI is InChI=1S/C16H24O5/c1-5-19-11-12-20-16(4,13-9-7-6-8-10-13)15(2,3)21-14(17)18/h6-10H,5,11-12H2,1-4H3,(H,17,18). The van der Waals surface area contributed by atoms with Gasteiger partial charge >= 0.3 is 6.16 Å². The van der Waals surface area contributed by atoms with E-state index in [1.807, 2.05) is 44.2 Å². The Kier molecular flexibility index (Phi) is 6.18. The summed E-state index contributed by atoms with van der Waals surface area (Å²) in [4.78, 5) is 11.0. The van der Waals surface area contributed by atoms with Crippen molar-refractivity contribution in [2.24, 2.45) is 0 Å². The normalized spacial score (nSPS) is 14.5. The van der Waals surface area contributed by atoms with Crippen molar-refractivity contribution in [2.75, 3.05) is 19.8 Å². The molecule has 1 rings (SSSR count). The summed E-state index contributed by atoms with van der Waals surface area (Å²) in [7, 11) is 0. The summed E-state index contributed by atoms with van der Waals surface area (Å²) >= 11 is 0. The molecule has 0 spiro atoms. The van der Waals surface area contributed by atoms with Crippen LogP contribution in [0.25, 0.3) is 0 Å². The van der Waals surface area contributed by atoms with Crippen molar-refractivity contribution >= 4 is 6.16 Å². The molecule has 0 aliphatic carbocycles. The van der Waals surface area contributed by atoms with E-state index in [2.05, 4.69) is 0 Å². The average Bonchev–Trinajstić information content (AvgIpc) is 2.42. The fraction of sp³-hybridized carbons (Fsp3) is 0.562. The Balaban J connectivity index is 3.01. The Hall–Kier alpha value is -1.59. The molecule has 0 aromatic heterocycles. The summed E-state index contributed by atoms with van der Waals surface area (Å²) in [5.74, 6) is 0. The molecule has 0 amide bonds. The van der Waals surface area contributed by atoms with E-state index in [1.54, 1.807) is 13.8 Å². The van der Waals surface area contributed by atoms with E-state index in [4.69, 9.17) is 19.3 Å². The van der Waals surface area contributed by atoms with Crippen LogP contribution in [0.3, 0.4) is 0 Å². The van der Waals surface area contributed by atoms with Gasteiger partial charge < -0.3 is 19.3 Å². The van der Waals surface area contributed by atoms with Gasteiger partial charge in [0.25, 0.3) is 0 Å². The van der Waals surface area contributed by atoms with Crippen molar-refractivity contribution in [1.82, 2.24) is 0 Å². The summed E-state index contributed by atoms with van der Waals surface area (Å²) in [5, 5.41) is 8.97. The maximum Gasteiger partial charge on any atom is 0.506 e. The lowest BCUT2D eigenvalue weighted by atomic mass is 9.81. The van der Waals surface area contributed by atoms with Gasteiger partial charge in [0.1, 0.15) is 11.2 Å². The third-order valence-electron chi connectivity index (χ3n) is 3.64. The minimum atomic E-state index is -1.32. The average molecular weight is 296 g/mol. The number of rotatable bonds is 8. The van der Waals surface area contributed by atoms with Crippen LogP contribution in [0.1, 0.15) is 33.3 Å². The molecule has 0 saturated heterocycles. The fourth-order valence-electron chi connectivity index (χ4n) is 2.13. The Morgan fingerprint density at radius 2 is 1.76 bits per heavy atom. The largest absolute Gasteiger partial charge is 0.506 e. The maximum absolute atomic E-state index is 11.0. The van der Waals surface area contributed by atoms with Crippen LogP contribution in [0.2, 0.25) is 0 Å². The van der Waals surface area contributed by atoms with Crippen molar-refractivity contribution in [1.29, 1.82) is 0 Å². The summed E-state index contributed by atoms with van der Waals surface area (Å²) in [5.41, 5.74) is -1.11. The van der Waals surface area contributed by atoms with Crippen LogP contribution in [0.5, 0.6) is 0 Å². The second-order valence-corrected chi connectivity index (χ2v) is 5.32. The second-order valence-electron chi connectivity index (χ2n) is 5.32. The molecule has 0 fully saturated rings. The first-order valence-electron chi connectivity index (χ1n) is 7.02. The quantitative estimate of drug-likeness (QED) is 0.588. The van der Waals surface area contributed by atoms with Gasteiger partial charge in [-0.15, -0.1) is 0 Å². The van der Waals surface area contributed by atoms with E-state index in [9.17, 15) is 4.79 Å². The van der Waals surface area contributed by atoms with Crippen LogP contribution < -0.4 is 0 Å². The lowest BCUT2D eigenvalue weighted by molar-refractivity contribution is -0.177. The van der Waals surface area contributed by atoms with Crippen molar-refractivity contribution in [3.05, 3.63) is 35.9 Å². The van der Waals surface area contributed by atoms with Crippen LogP contribution in [0, 0.1) is 0 Å². The molecular weight excluding hydrogens is 272 g/mol. The molecule has 5 nitrogen and oxygen atoms in total. The number of hydrogen-bond donors (Lipinski definition) is 1. The third kappa shape index (κ3) is 4.44. The van der Waals surface area contributed by atoms with Crippen LogP contribution >= 0.6 is 0 Å². The third-order valence-corrected chi connectivity index (χ3v) is 3.64. The van der Waals surface area contributed by atoms with Gasteiger partial charge in [-0.2, -0.15) is 0 Å². The van der Waals surface area contributed by atoms with Crippen LogP contribution in [0.15, 0.2) is 30.3 Å². The lowest BCUT2D eigenvalue weighted by Gasteiger charge is -2.42. The molecule has 1 aromatic rings. The first-order chi connectivity index (χ1) is 9.83. The van der Waals surface area contributed by atoms with E-state index >= 15 is 0 Å². The molecule has 0 bridgehead atoms. The van der Waals surface area contributed by atoms with E-state index in [0.717, 1.165) is 5.56 Å². The highest BCUT2D eigenvalue weighted by Crippen LogP contribution is 2.39. The number of ether oxygens (including phenoxy) is 3. The number of carboxylic acid groups (broad SMARTS) is 1. The molecule has 0 radical (unpaired) electrons. The van der Waals surface area contributed by atoms with E-state index in [-0.39, 0.29) is 0 Å². The highest BCUT2D eigenvalue weighted by molar-refractivity contribution is 5.58. The van der Waals surface area contributed by atoms with Gasteiger partial charge in [0.15, 0.2) is 0 Å². The van der Waals surface area contributed by atoms with Crippen molar-refractivity contribution in [2.45, 2.75) is 38.9 Å². The fourth-order valence-corrected chi connectivity index (χ4v) is 2.13. The zero-order valence-electron chi connectivity index (χ0n) is 13.1. The first-order valence-corrected chi connectivity index (χ1v) is 7.02. The number of carbonyl (C=O) groups is 1. The van der Waals surface area contributed by atoms with E-state index in [1.165, 1.54) is 0 Å². The molecule has 118 valence electrons.